The fraction of sp³-hybridized carbons (Fsp3) is 0.267. The van der Waals surface area contributed by atoms with Crippen molar-refractivity contribution in [3.8, 4) is 40.0 Å². The zero-order valence-corrected chi connectivity index (χ0v) is 22.6. The predicted octanol–water partition coefficient (Wildman–Crippen LogP) is 4.91. The average molecular weight is 530 g/mol. The van der Waals surface area contributed by atoms with E-state index in [1.54, 1.807) is 34.5 Å². The van der Waals surface area contributed by atoms with Crippen LogP contribution in [0.25, 0.3) is 11.3 Å². The van der Waals surface area contributed by atoms with Crippen LogP contribution >= 0.6 is 0 Å². The lowest BCUT2D eigenvalue weighted by molar-refractivity contribution is 0.0745. The van der Waals surface area contributed by atoms with Crippen molar-refractivity contribution in [2.45, 2.75) is 19.4 Å². The molecule has 1 atom stereocenters. The van der Waals surface area contributed by atoms with E-state index in [2.05, 4.69) is 10.2 Å². The molecule has 39 heavy (non-hydrogen) atoms. The van der Waals surface area contributed by atoms with Crippen LogP contribution in [0.5, 0.6) is 28.7 Å². The van der Waals surface area contributed by atoms with Crippen LogP contribution in [0.4, 0.5) is 0 Å². The van der Waals surface area contributed by atoms with Gasteiger partial charge in [-0.05, 0) is 60.9 Å². The van der Waals surface area contributed by atoms with Crippen molar-refractivity contribution < 1.29 is 28.8 Å². The molecule has 0 radical (unpaired) electrons. The smallest absolute Gasteiger partial charge is 0.273 e. The number of nitrogens with zero attached hydrogens (tertiary/aromatic N) is 2. The molecular formula is C30H31N3O6. The van der Waals surface area contributed by atoms with Crippen LogP contribution in [0.3, 0.4) is 0 Å². The zero-order valence-electron chi connectivity index (χ0n) is 22.6. The van der Waals surface area contributed by atoms with E-state index < -0.39 is 6.04 Å². The molecule has 3 aromatic carbocycles. The standard InChI is InChI=1S/C30H31N3O6/c1-17-6-11-22(34)21(14-17)26-25-27(32-31-26)30(35)33(13-12-18-7-9-20(36-2)10-8-18)28(25)19-15-23(37-3)29(39-5)24(16-19)38-4/h6-11,14-16,28,34H,12-13H2,1-5H3,(H,31,32). The molecule has 4 aromatic rings. The van der Waals surface area contributed by atoms with Gasteiger partial charge in [0.1, 0.15) is 22.9 Å². The SMILES string of the molecule is COc1ccc(CCN2C(=O)c3[nH]nc(-c4cc(C)ccc4O)c3C2c2cc(OC)c(OC)c(OC)c2)cc1. The average Bonchev–Trinajstić information content (AvgIpc) is 3.50. The number of phenolic OH excluding ortho intramolecular Hbond substituents is 1. The summed E-state index contributed by atoms with van der Waals surface area (Å²) in [5.41, 5.74) is 4.94. The van der Waals surface area contributed by atoms with Gasteiger partial charge in [0.2, 0.25) is 5.75 Å². The lowest BCUT2D eigenvalue weighted by atomic mass is 9.94. The number of nitrogens with one attached hydrogen (secondary N) is 1. The van der Waals surface area contributed by atoms with Gasteiger partial charge in [-0.25, -0.2) is 0 Å². The Morgan fingerprint density at radius 3 is 2.23 bits per heavy atom. The third kappa shape index (κ3) is 4.60. The molecule has 9 heteroatoms. The predicted molar refractivity (Wildman–Crippen MR) is 146 cm³/mol. The molecule has 1 amide bonds. The molecule has 2 heterocycles. The molecule has 0 fully saturated rings. The molecule has 0 bridgehead atoms. The van der Waals surface area contributed by atoms with Gasteiger partial charge in [0.15, 0.2) is 11.5 Å². The first-order valence-corrected chi connectivity index (χ1v) is 12.5. The van der Waals surface area contributed by atoms with Gasteiger partial charge in [-0.15, -0.1) is 0 Å². The number of aromatic hydroxyl groups is 1. The lowest BCUT2D eigenvalue weighted by Gasteiger charge is -2.27. The molecule has 0 saturated carbocycles. The first kappa shape index (κ1) is 26.0. The highest BCUT2D eigenvalue weighted by Crippen LogP contribution is 2.48. The number of ether oxygens (including phenoxy) is 4. The number of carbonyl (C=O) groups is 1. The summed E-state index contributed by atoms with van der Waals surface area (Å²) < 4.78 is 22.1. The number of hydrogen-bond acceptors (Lipinski definition) is 7. The number of aromatic amines is 1. The second kappa shape index (κ2) is 10.6. The van der Waals surface area contributed by atoms with Gasteiger partial charge < -0.3 is 29.0 Å². The van der Waals surface area contributed by atoms with E-state index in [0.29, 0.717) is 52.7 Å². The summed E-state index contributed by atoms with van der Waals surface area (Å²) in [7, 11) is 6.29. The lowest BCUT2D eigenvalue weighted by Crippen LogP contribution is -2.31. The number of aryl methyl sites for hydroxylation is 1. The number of fused-ring (bicyclic) bond motifs is 1. The van der Waals surface area contributed by atoms with E-state index in [1.165, 1.54) is 0 Å². The number of carbonyl (C=O) groups excluding carboxylic acids is 1. The number of methoxy groups -OCH3 is 4. The topological polar surface area (TPSA) is 106 Å². The molecule has 1 aromatic heterocycles. The fourth-order valence-corrected chi connectivity index (χ4v) is 5.12. The van der Waals surface area contributed by atoms with Crippen molar-refractivity contribution in [3.63, 3.8) is 0 Å². The number of aromatic nitrogens is 2. The molecule has 202 valence electrons. The molecule has 2 N–H and O–H groups in total. The molecule has 0 aliphatic carbocycles. The number of phenols is 1. The Bertz CT molecular complexity index is 1490. The van der Waals surface area contributed by atoms with Crippen LogP contribution in [-0.4, -0.2) is 61.1 Å². The molecule has 0 spiro atoms. The summed E-state index contributed by atoms with van der Waals surface area (Å²) in [6.07, 6.45) is 0.624. The maximum atomic E-state index is 13.8. The first-order chi connectivity index (χ1) is 18.9. The van der Waals surface area contributed by atoms with Crippen LogP contribution in [0, 0.1) is 6.92 Å². The third-order valence-electron chi connectivity index (χ3n) is 7.07. The van der Waals surface area contributed by atoms with E-state index in [1.807, 2.05) is 60.4 Å². The Hall–Kier alpha value is -4.66. The maximum Gasteiger partial charge on any atom is 0.273 e. The number of rotatable bonds is 9. The van der Waals surface area contributed by atoms with Crippen LogP contribution in [0.1, 0.15) is 38.8 Å². The number of benzene rings is 3. The highest BCUT2D eigenvalue weighted by atomic mass is 16.5. The summed E-state index contributed by atoms with van der Waals surface area (Å²) in [5.74, 6) is 2.10. The van der Waals surface area contributed by atoms with E-state index in [4.69, 9.17) is 18.9 Å². The summed E-state index contributed by atoms with van der Waals surface area (Å²) in [5, 5.41) is 18.2. The molecular weight excluding hydrogens is 498 g/mol. The largest absolute Gasteiger partial charge is 0.507 e. The Balaban J connectivity index is 1.64. The van der Waals surface area contributed by atoms with Crippen molar-refractivity contribution in [3.05, 3.63) is 82.5 Å². The van der Waals surface area contributed by atoms with Gasteiger partial charge in [-0.1, -0.05) is 23.8 Å². The van der Waals surface area contributed by atoms with Gasteiger partial charge in [-0.3, -0.25) is 9.89 Å². The molecule has 1 unspecified atom stereocenters. The van der Waals surface area contributed by atoms with Crippen molar-refractivity contribution in [2.24, 2.45) is 0 Å². The van der Waals surface area contributed by atoms with E-state index in [-0.39, 0.29) is 11.7 Å². The van der Waals surface area contributed by atoms with E-state index >= 15 is 0 Å². The molecule has 5 rings (SSSR count). The van der Waals surface area contributed by atoms with Crippen molar-refractivity contribution >= 4 is 5.91 Å². The van der Waals surface area contributed by atoms with Crippen LogP contribution in [-0.2, 0) is 6.42 Å². The minimum absolute atomic E-state index is 0.0858. The number of hydrogen-bond donors (Lipinski definition) is 2. The monoisotopic (exact) mass is 529 g/mol. The second-order valence-electron chi connectivity index (χ2n) is 9.34. The zero-order chi connectivity index (χ0) is 27.7. The number of H-pyrrole nitrogens is 1. The van der Waals surface area contributed by atoms with Crippen LogP contribution in [0.15, 0.2) is 54.6 Å². The molecule has 1 aliphatic heterocycles. The minimum Gasteiger partial charge on any atom is -0.507 e. The van der Waals surface area contributed by atoms with Crippen molar-refractivity contribution in [1.29, 1.82) is 0 Å². The summed E-state index contributed by atoms with van der Waals surface area (Å²) in [4.78, 5) is 15.6. The fourth-order valence-electron chi connectivity index (χ4n) is 5.12. The van der Waals surface area contributed by atoms with Crippen molar-refractivity contribution in [2.75, 3.05) is 35.0 Å². The normalized spacial score (nSPS) is 14.3. The second-order valence-corrected chi connectivity index (χ2v) is 9.34. The summed E-state index contributed by atoms with van der Waals surface area (Å²) in [6, 6.07) is 16.3. The molecule has 9 nitrogen and oxygen atoms in total. The first-order valence-electron chi connectivity index (χ1n) is 12.5. The van der Waals surface area contributed by atoms with E-state index in [0.717, 1.165) is 22.4 Å². The van der Waals surface area contributed by atoms with Gasteiger partial charge in [-0.2, -0.15) is 5.10 Å². The Morgan fingerprint density at radius 2 is 1.62 bits per heavy atom. The third-order valence-corrected chi connectivity index (χ3v) is 7.07. The summed E-state index contributed by atoms with van der Waals surface area (Å²) >= 11 is 0. The van der Waals surface area contributed by atoms with Gasteiger partial charge >= 0.3 is 0 Å². The maximum absolute atomic E-state index is 13.8. The van der Waals surface area contributed by atoms with Gasteiger partial charge in [0.05, 0.1) is 34.5 Å². The summed E-state index contributed by atoms with van der Waals surface area (Å²) in [6.45, 7) is 2.38. The highest BCUT2D eigenvalue weighted by Gasteiger charge is 2.43. The number of amides is 1. The molecule has 1 aliphatic rings. The van der Waals surface area contributed by atoms with Crippen molar-refractivity contribution in [1.82, 2.24) is 15.1 Å². The van der Waals surface area contributed by atoms with E-state index in [9.17, 15) is 9.90 Å². The Labute approximate surface area is 226 Å². The Kier molecular flexibility index (Phi) is 7.06. The van der Waals surface area contributed by atoms with Crippen LogP contribution < -0.4 is 18.9 Å². The van der Waals surface area contributed by atoms with Gasteiger partial charge in [0.25, 0.3) is 5.91 Å². The quantitative estimate of drug-likeness (QED) is 0.317. The van der Waals surface area contributed by atoms with Gasteiger partial charge in [0, 0.05) is 17.7 Å². The van der Waals surface area contributed by atoms with Crippen LogP contribution in [0.2, 0.25) is 0 Å². The highest BCUT2D eigenvalue weighted by molar-refractivity contribution is 6.00. The molecule has 0 saturated heterocycles. The Morgan fingerprint density at radius 1 is 0.923 bits per heavy atom. The minimum atomic E-state index is -0.520.